The van der Waals surface area contributed by atoms with E-state index >= 15 is 0 Å². The van der Waals surface area contributed by atoms with Gasteiger partial charge in [-0.05, 0) is 36.2 Å². The number of furan rings is 1. The van der Waals surface area contributed by atoms with Crippen molar-refractivity contribution in [3.05, 3.63) is 71.2 Å². The number of ether oxygens (including phenoxy) is 2. The van der Waals surface area contributed by atoms with Crippen molar-refractivity contribution < 1.29 is 28.6 Å². The van der Waals surface area contributed by atoms with Crippen LogP contribution in [0, 0.1) is 0 Å². The Labute approximate surface area is 192 Å². The number of nitrogens with zero attached hydrogens (tertiary/aromatic N) is 1. The zero-order chi connectivity index (χ0) is 23.5. The molecular formula is C26H27NO6. The number of ketones is 1. The van der Waals surface area contributed by atoms with Crippen molar-refractivity contribution in [2.75, 3.05) is 20.8 Å². The van der Waals surface area contributed by atoms with Crippen LogP contribution in [0.3, 0.4) is 0 Å². The van der Waals surface area contributed by atoms with Crippen LogP contribution >= 0.6 is 0 Å². The van der Waals surface area contributed by atoms with Crippen molar-refractivity contribution in [3.8, 4) is 11.5 Å². The number of aliphatic hydroxyl groups is 1. The molecule has 0 spiro atoms. The van der Waals surface area contributed by atoms with E-state index in [1.54, 1.807) is 54.5 Å². The van der Waals surface area contributed by atoms with E-state index < -0.39 is 23.5 Å². The molecule has 1 N–H and O–H groups in total. The third-order valence-electron chi connectivity index (χ3n) is 5.93. The molecule has 3 aromatic rings. The Morgan fingerprint density at radius 3 is 2.52 bits per heavy atom. The van der Waals surface area contributed by atoms with Gasteiger partial charge in [0.15, 0.2) is 22.9 Å². The molecule has 1 aromatic heterocycles. The molecule has 0 saturated heterocycles. The monoisotopic (exact) mass is 449 g/mol. The number of Topliss-reactive ketones (excluding diaryl/α,β-unsaturated/α-hetero) is 1. The van der Waals surface area contributed by atoms with Crippen LogP contribution in [0.4, 0.5) is 0 Å². The highest BCUT2D eigenvalue weighted by atomic mass is 16.5. The molecule has 1 amide bonds. The molecule has 2 aromatic carbocycles. The Bertz CT molecular complexity index is 1210. The first-order chi connectivity index (χ1) is 16.0. The fourth-order valence-electron chi connectivity index (χ4n) is 4.22. The number of hydrogen-bond donors (Lipinski definition) is 1. The summed E-state index contributed by atoms with van der Waals surface area (Å²) in [6, 6.07) is 13.4. The number of hydrogen-bond acceptors (Lipinski definition) is 6. The van der Waals surface area contributed by atoms with E-state index in [0.29, 0.717) is 34.6 Å². The highest BCUT2D eigenvalue weighted by Crippen LogP contribution is 2.40. The SMILES string of the molecule is CCCCCN1C(=O)C(O)=C(C(=O)c2cc3cccc(OC)c3o2)C1c1ccc(OC)cc1. The van der Waals surface area contributed by atoms with E-state index in [9.17, 15) is 14.7 Å². The van der Waals surface area contributed by atoms with E-state index in [2.05, 4.69) is 6.92 Å². The number of amides is 1. The number of methoxy groups -OCH3 is 2. The molecule has 7 heteroatoms. The molecule has 7 nitrogen and oxygen atoms in total. The normalized spacial score (nSPS) is 16.0. The summed E-state index contributed by atoms with van der Waals surface area (Å²) < 4.78 is 16.4. The molecule has 0 fully saturated rings. The maximum absolute atomic E-state index is 13.6. The van der Waals surface area contributed by atoms with E-state index in [1.807, 2.05) is 6.07 Å². The van der Waals surface area contributed by atoms with Crippen LogP contribution in [0.5, 0.6) is 11.5 Å². The second-order valence-corrected chi connectivity index (χ2v) is 7.96. The first-order valence-electron chi connectivity index (χ1n) is 11.0. The first-order valence-corrected chi connectivity index (χ1v) is 11.0. The Kier molecular flexibility index (Phi) is 6.40. The van der Waals surface area contributed by atoms with E-state index in [0.717, 1.165) is 19.3 Å². The van der Waals surface area contributed by atoms with Crippen LogP contribution in [0.1, 0.15) is 48.3 Å². The molecule has 0 aliphatic carbocycles. The maximum Gasteiger partial charge on any atom is 0.290 e. The maximum atomic E-state index is 13.6. The fourth-order valence-corrected chi connectivity index (χ4v) is 4.22. The van der Waals surface area contributed by atoms with Gasteiger partial charge in [0.2, 0.25) is 5.78 Å². The summed E-state index contributed by atoms with van der Waals surface area (Å²) in [5.74, 6) is -0.421. The molecule has 33 heavy (non-hydrogen) atoms. The van der Waals surface area contributed by atoms with Gasteiger partial charge in [0.05, 0.1) is 25.8 Å². The molecule has 1 unspecified atom stereocenters. The van der Waals surface area contributed by atoms with Crippen molar-refractivity contribution >= 4 is 22.7 Å². The van der Waals surface area contributed by atoms with E-state index in [1.165, 1.54) is 7.11 Å². The third kappa shape index (κ3) is 4.06. The molecule has 0 bridgehead atoms. The third-order valence-corrected chi connectivity index (χ3v) is 5.93. The topological polar surface area (TPSA) is 89.2 Å². The summed E-state index contributed by atoms with van der Waals surface area (Å²) in [6.07, 6.45) is 2.69. The first kappa shape index (κ1) is 22.5. The Morgan fingerprint density at radius 1 is 1.09 bits per heavy atom. The summed E-state index contributed by atoms with van der Waals surface area (Å²) in [6.45, 7) is 2.51. The van der Waals surface area contributed by atoms with Gasteiger partial charge in [0, 0.05) is 11.9 Å². The summed E-state index contributed by atoms with van der Waals surface area (Å²) in [5.41, 5.74) is 1.16. The molecular weight excluding hydrogens is 422 g/mol. The van der Waals surface area contributed by atoms with E-state index in [-0.39, 0.29) is 11.3 Å². The highest BCUT2D eigenvalue weighted by Gasteiger charge is 2.44. The lowest BCUT2D eigenvalue weighted by molar-refractivity contribution is -0.129. The van der Waals surface area contributed by atoms with Crippen LogP contribution in [0.25, 0.3) is 11.0 Å². The number of carbonyl (C=O) groups is 2. The van der Waals surface area contributed by atoms with Gasteiger partial charge < -0.3 is 23.9 Å². The van der Waals surface area contributed by atoms with Crippen molar-refractivity contribution in [2.24, 2.45) is 0 Å². The van der Waals surface area contributed by atoms with Crippen LogP contribution in [-0.4, -0.2) is 42.5 Å². The van der Waals surface area contributed by atoms with Crippen LogP contribution in [0.2, 0.25) is 0 Å². The second kappa shape index (κ2) is 9.40. The second-order valence-electron chi connectivity index (χ2n) is 7.96. The van der Waals surface area contributed by atoms with Crippen LogP contribution in [-0.2, 0) is 4.79 Å². The number of para-hydroxylation sites is 1. The van der Waals surface area contributed by atoms with E-state index in [4.69, 9.17) is 13.9 Å². The predicted molar refractivity (Wildman–Crippen MR) is 124 cm³/mol. The zero-order valence-electron chi connectivity index (χ0n) is 19.0. The Morgan fingerprint density at radius 2 is 1.85 bits per heavy atom. The average molecular weight is 450 g/mol. The average Bonchev–Trinajstić information content (AvgIpc) is 3.39. The highest BCUT2D eigenvalue weighted by molar-refractivity contribution is 6.16. The lowest BCUT2D eigenvalue weighted by Crippen LogP contribution is -2.32. The smallest absolute Gasteiger partial charge is 0.290 e. The predicted octanol–water partition coefficient (Wildman–Crippen LogP) is 5.22. The minimum atomic E-state index is -0.720. The van der Waals surface area contributed by atoms with Crippen LogP contribution < -0.4 is 9.47 Å². The molecule has 4 rings (SSSR count). The minimum absolute atomic E-state index is 0.0136. The van der Waals surface area contributed by atoms with Crippen LogP contribution in [0.15, 0.2) is 64.3 Å². The van der Waals surface area contributed by atoms with Gasteiger partial charge in [-0.3, -0.25) is 9.59 Å². The van der Waals surface area contributed by atoms with Gasteiger partial charge in [0.25, 0.3) is 5.91 Å². The largest absolute Gasteiger partial charge is 0.503 e. The van der Waals surface area contributed by atoms with Gasteiger partial charge in [-0.1, -0.05) is 44.0 Å². The number of unbranched alkanes of at least 4 members (excludes halogenated alkanes) is 2. The van der Waals surface area contributed by atoms with Crippen molar-refractivity contribution in [1.29, 1.82) is 0 Å². The molecule has 0 radical (unpaired) electrons. The van der Waals surface area contributed by atoms with Gasteiger partial charge in [-0.2, -0.15) is 0 Å². The zero-order valence-corrected chi connectivity index (χ0v) is 19.0. The summed E-state index contributed by atoms with van der Waals surface area (Å²) in [5, 5.41) is 11.5. The summed E-state index contributed by atoms with van der Waals surface area (Å²) in [4.78, 5) is 28.2. The number of carbonyl (C=O) groups excluding carboxylic acids is 2. The molecule has 1 aliphatic rings. The molecule has 172 valence electrons. The molecule has 2 heterocycles. The number of benzene rings is 2. The molecule has 1 aliphatic heterocycles. The van der Waals surface area contributed by atoms with Crippen molar-refractivity contribution in [2.45, 2.75) is 32.2 Å². The number of aliphatic hydroxyl groups excluding tert-OH is 1. The standard InChI is InChI=1S/C26H27NO6/c1-4-5-6-14-27-22(16-10-12-18(31-2)13-11-16)21(24(29)26(27)30)23(28)20-15-17-8-7-9-19(32-3)25(17)33-20/h7-13,15,22,29H,4-6,14H2,1-3H3. The number of fused-ring (bicyclic) bond motifs is 1. The Hall–Kier alpha value is -3.74. The Balaban J connectivity index is 1.77. The molecule has 0 saturated carbocycles. The molecule has 1 atom stereocenters. The van der Waals surface area contributed by atoms with Crippen molar-refractivity contribution in [1.82, 2.24) is 4.90 Å². The minimum Gasteiger partial charge on any atom is -0.503 e. The van der Waals surface area contributed by atoms with Crippen molar-refractivity contribution in [3.63, 3.8) is 0 Å². The van der Waals surface area contributed by atoms with Gasteiger partial charge in [-0.15, -0.1) is 0 Å². The summed E-state index contributed by atoms with van der Waals surface area (Å²) in [7, 11) is 3.10. The fraction of sp³-hybridized carbons (Fsp3) is 0.308. The number of rotatable bonds is 9. The lowest BCUT2D eigenvalue weighted by atomic mass is 9.94. The lowest BCUT2D eigenvalue weighted by Gasteiger charge is -2.26. The quantitative estimate of drug-likeness (QED) is 0.356. The van der Waals surface area contributed by atoms with Gasteiger partial charge in [-0.25, -0.2) is 0 Å². The van der Waals surface area contributed by atoms with Gasteiger partial charge >= 0.3 is 0 Å². The van der Waals surface area contributed by atoms with Gasteiger partial charge in [0.1, 0.15) is 5.75 Å². The summed E-state index contributed by atoms with van der Waals surface area (Å²) >= 11 is 0.